The van der Waals surface area contributed by atoms with Crippen molar-refractivity contribution in [2.24, 2.45) is 0 Å². The number of benzene rings is 2. The molecule has 3 aromatic rings. The van der Waals surface area contributed by atoms with Crippen molar-refractivity contribution in [3.8, 4) is 28.6 Å². The molecule has 2 N–H and O–H groups in total. The molecule has 1 heterocycles. The van der Waals surface area contributed by atoms with Crippen molar-refractivity contribution in [1.29, 1.82) is 0 Å². The van der Waals surface area contributed by atoms with E-state index in [0.29, 0.717) is 35.2 Å². The molecule has 0 unspecified atom stereocenters. The van der Waals surface area contributed by atoms with E-state index in [4.69, 9.17) is 26.4 Å². The Labute approximate surface area is 179 Å². The zero-order valence-corrected chi connectivity index (χ0v) is 17.9. The first-order valence-electron chi connectivity index (χ1n) is 9.41. The highest BCUT2D eigenvalue weighted by Crippen LogP contribution is 2.28. The summed E-state index contributed by atoms with van der Waals surface area (Å²) in [6, 6.07) is 13.0. The first kappa shape index (κ1) is 21.4. The minimum Gasteiger partial charge on any atom is -0.497 e. The second-order valence-electron chi connectivity index (χ2n) is 6.36. The lowest BCUT2D eigenvalue weighted by atomic mass is 10.2. The summed E-state index contributed by atoms with van der Waals surface area (Å²) < 4.78 is 18.1. The van der Waals surface area contributed by atoms with E-state index in [0.717, 1.165) is 16.9 Å². The Morgan fingerprint density at radius 3 is 2.57 bits per heavy atom. The Morgan fingerprint density at radius 1 is 1.13 bits per heavy atom. The highest BCUT2D eigenvalue weighted by molar-refractivity contribution is 7.71. The second kappa shape index (κ2) is 9.93. The van der Waals surface area contributed by atoms with Crippen LogP contribution in [0.3, 0.4) is 0 Å². The minimum atomic E-state index is -0.185. The number of amides is 1. The summed E-state index contributed by atoms with van der Waals surface area (Å²) in [7, 11) is 3.19. The largest absolute Gasteiger partial charge is 0.497 e. The minimum absolute atomic E-state index is 0.0465. The van der Waals surface area contributed by atoms with Gasteiger partial charge in [0.25, 0.3) is 0 Å². The van der Waals surface area contributed by atoms with Crippen LogP contribution in [0.2, 0.25) is 0 Å². The molecule has 0 spiro atoms. The van der Waals surface area contributed by atoms with Crippen molar-refractivity contribution >= 4 is 18.1 Å². The molecular weight excluding hydrogens is 404 g/mol. The van der Waals surface area contributed by atoms with Gasteiger partial charge in [-0.05, 0) is 61.1 Å². The first-order valence-corrected chi connectivity index (χ1v) is 9.82. The molecule has 0 atom stereocenters. The van der Waals surface area contributed by atoms with Gasteiger partial charge in [-0.3, -0.25) is 14.5 Å². The maximum absolute atomic E-state index is 12.5. The van der Waals surface area contributed by atoms with Gasteiger partial charge in [-0.25, -0.2) is 0 Å². The van der Waals surface area contributed by atoms with Crippen molar-refractivity contribution in [1.82, 2.24) is 20.1 Å². The van der Waals surface area contributed by atoms with Crippen LogP contribution in [0.1, 0.15) is 12.5 Å². The van der Waals surface area contributed by atoms with Crippen LogP contribution in [0.4, 0.5) is 0 Å². The number of rotatable bonds is 9. The normalized spacial score (nSPS) is 10.5. The van der Waals surface area contributed by atoms with Gasteiger partial charge in [-0.2, -0.15) is 5.10 Å². The molecule has 1 amide bonds. The van der Waals surface area contributed by atoms with Gasteiger partial charge in [0.05, 0.1) is 20.8 Å². The molecule has 0 aliphatic heterocycles. The standard InChI is InChI=1S/C21H24N4O4S/c1-4-29-17-10-5-14(11-18(17)28-3)12-22-19(26)13-25-20(23-24-21(25)30)15-6-8-16(27-2)9-7-15/h5-11H,4,12-13H2,1-3H3,(H,22,26)(H,24,30). The number of nitrogens with one attached hydrogen (secondary N) is 2. The fourth-order valence-corrected chi connectivity index (χ4v) is 3.12. The third-order valence-corrected chi connectivity index (χ3v) is 4.74. The number of aromatic amines is 1. The summed E-state index contributed by atoms with van der Waals surface area (Å²) in [6.07, 6.45) is 0. The summed E-state index contributed by atoms with van der Waals surface area (Å²) >= 11 is 5.30. The number of ether oxygens (including phenoxy) is 3. The molecule has 30 heavy (non-hydrogen) atoms. The molecule has 8 nitrogen and oxygen atoms in total. The van der Waals surface area contributed by atoms with Crippen LogP contribution >= 0.6 is 12.2 Å². The molecule has 1 aromatic heterocycles. The van der Waals surface area contributed by atoms with E-state index < -0.39 is 0 Å². The number of methoxy groups -OCH3 is 2. The van der Waals surface area contributed by atoms with Gasteiger partial charge in [0, 0.05) is 12.1 Å². The topological polar surface area (TPSA) is 90.4 Å². The summed E-state index contributed by atoms with van der Waals surface area (Å²) in [5.41, 5.74) is 1.72. The van der Waals surface area contributed by atoms with E-state index in [2.05, 4.69) is 15.5 Å². The van der Waals surface area contributed by atoms with Crippen LogP contribution in [-0.2, 0) is 17.9 Å². The summed E-state index contributed by atoms with van der Waals surface area (Å²) in [5.74, 6) is 2.44. The third-order valence-electron chi connectivity index (χ3n) is 4.43. The van der Waals surface area contributed by atoms with Crippen LogP contribution in [-0.4, -0.2) is 41.5 Å². The van der Waals surface area contributed by atoms with E-state index in [9.17, 15) is 4.79 Å². The fourth-order valence-electron chi connectivity index (χ4n) is 2.92. The van der Waals surface area contributed by atoms with Crippen LogP contribution in [0, 0.1) is 4.77 Å². The predicted molar refractivity (Wildman–Crippen MR) is 115 cm³/mol. The zero-order chi connectivity index (χ0) is 21.5. The molecule has 0 bridgehead atoms. The number of nitrogens with zero attached hydrogens (tertiary/aromatic N) is 2. The van der Waals surface area contributed by atoms with Crippen molar-refractivity contribution in [2.75, 3.05) is 20.8 Å². The van der Waals surface area contributed by atoms with E-state index in [1.54, 1.807) is 18.8 Å². The molecule has 0 saturated carbocycles. The maximum atomic E-state index is 12.5. The molecule has 0 aliphatic carbocycles. The molecule has 2 aromatic carbocycles. The molecule has 0 saturated heterocycles. The van der Waals surface area contributed by atoms with Crippen molar-refractivity contribution < 1.29 is 19.0 Å². The average molecular weight is 429 g/mol. The molecular formula is C21H24N4O4S. The molecule has 158 valence electrons. The van der Waals surface area contributed by atoms with E-state index >= 15 is 0 Å². The molecule has 9 heteroatoms. The van der Waals surface area contributed by atoms with E-state index in [1.165, 1.54) is 0 Å². The molecule has 0 radical (unpaired) electrons. The van der Waals surface area contributed by atoms with Crippen molar-refractivity contribution in [3.63, 3.8) is 0 Å². The Bertz CT molecular complexity index is 1060. The van der Waals surface area contributed by atoms with E-state index in [-0.39, 0.29) is 12.5 Å². The van der Waals surface area contributed by atoms with Gasteiger partial charge in [-0.1, -0.05) is 6.07 Å². The second-order valence-corrected chi connectivity index (χ2v) is 6.75. The van der Waals surface area contributed by atoms with Gasteiger partial charge in [0.15, 0.2) is 22.1 Å². The predicted octanol–water partition coefficient (Wildman–Crippen LogP) is 3.34. The lowest BCUT2D eigenvalue weighted by Gasteiger charge is -2.12. The van der Waals surface area contributed by atoms with Crippen molar-refractivity contribution in [2.45, 2.75) is 20.0 Å². The smallest absolute Gasteiger partial charge is 0.240 e. The van der Waals surface area contributed by atoms with Crippen LogP contribution in [0.15, 0.2) is 42.5 Å². The Balaban J connectivity index is 1.68. The molecule has 0 fully saturated rings. The number of hydrogen-bond donors (Lipinski definition) is 2. The Hall–Kier alpha value is -3.33. The summed E-state index contributed by atoms with van der Waals surface area (Å²) in [4.78, 5) is 12.5. The van der Waals surface area contributed by atoms with Crippen LogP contribution < -0.4 is 19.5 Å². The number of H-pyrrole nitrogens is 1. The quantitative estimate of drug-likeness (QED) is 0.508. The third kappa shape index (κ3) is 4.98. The van der Waals surface area contributed by atoms with Gasteiger partial charge in [0.2, 0.25) is 5.91 Å². The number of hydrogen-bond acceptors (Lipinski definition) is 6. The number of aromatic nitrogens is 3. The Kier molecular flexibility index (Phi) is 7.08. The fraction of sp³-hybridized carbons (Fsp3) is 0.286. The average Bonchev–Trinajstić information content (AvgIpc) is 3.13. The van der Waals surface area contributed by atoms with E-state index in [1.807, 2.05) is 49.4 Å². The summed E-state index contributed by atoms with van der Waals surface area (Å²) in [6.45, 7) is 2.86. The lowest BCUT2D eigenvalue weighted by molar-refractivity contribution is -0.121. The van der Waals surface area contributed by atoms with Gasteiger partial charge < -0.3 is 19.5 Å². The van der Waals surface area contributed by atoms with Gasteiger partial charge in [0.1, 0.15) is 12.3 Å². The Morgan fingerprint density at radius 2 is 1.90 bits per heavy atom. The SMILES string of the molecule is CCOc1ccc(CNC(=O)Cn2c(-c3ccc(OC)cc3)n[nH]c2=S)cc1OC. The zero-order valence-electron chi connectivity index (χ0n) is 17.1. The lowest BCUT2D eigenvalue weighted by Crippen LogP contribution is -2.27. The summed E-state index contributed by atoms with van der Waals surface area (Å²) in [5, 5.41) is 9.91. The molecule has 3 rings (SSSR count). The first-order chi connectivity index (χ1) is 14.5. The molecule has 0 aliphatic rings. The van der Waals surface area contributed by atoms with Gasteiger partial charge >= 0.3 is 0 Å². The van der Waals surface area contributed by atoms with Gasteiger partial charge in [-0.15, -0.1) is 0 Å². The number of carbonyl (C=O) groups is 1. The monoisotopic (exact) mass is 428 g/mol. The van der Waals surface area contributed by atoms with Crippen LogP contribution in [0.5, 0.6) is 17.2 Å². The maximum Gasteiger partial charge on any atom is 0.240 e. The highest BCUT2D eigenvalue weighted by atomic mass is 32.1. The van der Waals surface area contributed by atoms with Crippen molar-refractivity contribution in [3.05, 3.63) is 52.8 Å². The van der Waals surface area contributed by atoms with Crippen LogP contribution in [0.25, 0.3) is 11.4 Å². The highest BCUT2D eigenvalue weighted by Gasteiger charge is 2.13. The number of carbonyl (C=O) groups excluding carboxylic acids is 1.